The first-order valence-electron chi connectivity index (χ1n) is 6.57. The van der Waals surface area contributed by atoms with Crippen LogP contribution >= 0.6 is 0 Å². The molecular formula is C16H14FN3O. The highest BCUT2D eigenvalue weighted by Crippen LogP contribution is 2.20. The standard InChI is InChI=1S/C16H14FN3O/c1-9-3-5-14-12(7-9)15(20-19-14)16(21)18-13-6-4-11(17)8-10(13)2/h3-8H,1-2H3,(H,18,21)(H,19,20). The molecule has 1 amide bonds. The van der Waals surface area contributed by atoms with Gasteiger partial charge in [0, 0.05) is 11.1 Å². The summed E-state index contributed by atoms with van der Waals surface area (Å²) in [4.78, 5) is 12.4. The van der Waals surface area contributed by atoms with Crippen molar-refractivity contribution in [3.8, 4) is 0 Å². The maximum absolute atomic E-state index is 13.1. The minimum absolute atomic E-state index is 0.318. The number of rotatable bonds is 2. The number of nitrogens with zero attached hydrogens (tertiary/aromatic N) is 1. The third kappa shape index (κ3) is 2.50. The average molecular weight is 283 g/mol. The summed E-state index contributed by atoms with van der Waals surface area (Å²) in [6, 6.07) is 9.98. The van der Waals surface area contributed by atoms with Crippen LogP contribution in [0.1, 0.15) is 21.6 Å². The summed E-state index contributed by atoms with van der Waals surface area (Å²) in [7, 11) is 0. The van der Waals surface area contributed by atoms with Crippen LogP contribution in [0.3, 0.4) is 0 Å². The van der Waals surface area contributed by atoms with E-state index in [1.807, 2.05) is 25.1 Å². The Balaban J connectivity index is 1.95. The monoisotopic (exact) mass is 283 g/mol. The minimum Gasteiger partial charge on any atom is -0.320 e. The second-order valence-electron chi connectivity index (χ2n) is 5.03. The lowest BCUT2D eigenvalue weighted by molar-refractivity contribution is 0.102. The van der Waals surface area contributed by atoms with Crippen LogP contribution in [-0.2, 0) is 0 Å². The van der Waals surface area contributed by atoms with Crippen molar-refractivity contribution in [3.05, 3.63) is 59.0 Å². The maximum atomic E-state index is 13.1. The second-order valence-corrected chi connectivity index (χ2v) is 5.03. The van der Waals surface area contributed by atoms with Crippen molar-refractivity contribution in [2.75, 3.05) is 5.32 Å². The van der Waals surface area contributed by atoms with Crippen LogP contribution in [0.5, 0.6) is 0 Å². The van der Waals surface area contributed by atoms with Gasteiger partial charge >= 0.3 is 0 Å². The normalized spacial score (nSPS) is 10.8. The zero-order valence-corrected chi connectivity index (χ0v) is 11.7. The molecule has 2 N–H and O–H groups in total. The summed E-state index contributed by atoms with van der Waals surface area (Å²) in [6.45, 7) is 3.70. The lowest BCUT2D eigenvalue weighted by atomic mass is 10.1. The van der Waals surface area contributed by atoms with Gasteiger partial charge in [-0.25, -0.2) is 4.39 Å². The van der Waals surface area contributed by atoms with Gasteiger partial charge in [0.15, 0.2) is 5.69 Å². The molecule has 0 unspecified atom stereocenters. The van der Waals surface area contributed by atoms with Crippen molar-refractivity contribution < 1.29 is 9.18 Å². The van der Waals surface area contributed by atoms with Crippen molar-refractivity contribution in [2.24, 2.45) is 0 Å². The molecule has 0 fully saturated rings. The fourth-order valence-electron chi connectivity index (χ4n) is 2.25. The van der Waals surface area contributed by atoms with Crippen LogP contribution in [0, 0.1) is 19.7 Å². The first-order chi connectivity index (χ1) is 10.0. The largest absolute Gasteiger partial charge is 0.320 e. The van der Waals surface area contributed by atoms with Crippen LogP contribution in [0.15, 0.2) is 36.4 Å². The Hall–Kier alpha value is -2.69. The SMILES string of the molecule is Cc1ccc2[nH]nc(C(=O)Nc3ccc(F)cc3C)c2c1. The Morgan fingerprint density at radius 1 is 1.19 bits per heavy atom. The number of fused-ring (bicyclic) bond motifs is 1. The molecule has 2 aromatic carbocycles. The molecule has 0 radical (unpaired) electrons. The van der Waals surface area contributed by atoms with Crippen LogP contribution < -0.4 is 5.32 Å². The van der Waals surface area contributed by atoms with Crippen molar-refractivity contribution in [1.29, 1.82) is 0 Å². The highest BCUT2D eigenvalue weighted by Gasteiger charge is 2.15. The summed E-state index contributed by atoms with van der Waals surface area (Å²) < 4.78 is 13.1. The number of anilines is 1. The van der Waals surface area contributed by atoms with E-state index in [-0.39, 0.29) is 11.7 Å². The van der Waals surface area contributed by atoms with E-state index in [4.69, 9.17) is 0 Å². The summed E-state index contributed by atoms with van der Waals surface area (Å²) in [5, 5.41) is 10.4. The lowest BCUT2D eigenvalue weighted by Gasteiger charge is -2.07. The number of hydrogen-bond donors (Lipinski definition) is 2. The van der Waals surface area contributed by atoms with Gasteiger partial charge in [-0.2, -0.15) is 5.10 Å². The number of carbonyl (C=O) groups excluding carboxylic acids is 1. The van der Waals surface area contributed by atoms with Gasteiger partial charge in [0.05, 0.1) is 5.52 Å². The molecule has 0 aliphatic carbocycles. The first-order valence-corrected chi connectivity index (χ1v) is 6.57. The van der Waals surface area contributed by atoms with E-state index in [0.29, 0.717) is 16.9 Å². The molecule has 1 aromatic heterocycles. The molecule has 5 heteroatoms. The van der Waals surface area contributed by atoms with E-state index in [1.165, 1.54) is 12.1 Å². The smallest absolute Gasteiger partial charge is 0.276 e. The molecule has 0 atom stereocenters. The Morgan fingerprint density at radius 3 is 2.76 bits per heavy atom. The fraction of sp³-hybridized carbons (Fsp3) is 0.125. The number of nitrogens with one attached hydrogen (secondary N) is 2. The quantitative estimate of drug-likeness (QED) is 0.755. The highest BCUT2D eigenvalue weighted by atomic mass is 19.1. The predicted octanol–water partition coefficient (Wildman–Crippen LogP) is 3.57. The van der Waals surface area contributed by atoms with E-state index in [9.17, 15) is 9.18 Å². The number of hydrogen-bond acceptors (Lipinski definition) is 2. The molecule has 106 valence electrons. The molecule has 0 saturated carbocycles. The van der Waals surface area contributed by atoms with Gasteiger partial charge in [0.1, 0.15) is 5.82 Å². The van der Waals surface area contributed by atoms with Gasteiger partial charge in [-0.1, -0.05) is 11.6 Å². The van der Waals surface area contributed by atoms with Crippen LogP contribution in [0.2, 0.25) is 0 Å². The molecule has 21 heavy (non-hydrogen) atoms. The van der Waals surface area contributed by atoms with E-state index in [0.717, 1.165) is 16.5 Å². The summed E-state index contributed by atoms with van der Waals surface area (Å²) in [5.41, 5.74) is 3.43. The first kappa shape index (κ1) is 13.3. The Morgan fingerprint density at radius 2 is 2.00 bits per heavy atom. The van der Waals surface area contributed by atoms with E-state index >= 15 is 0 Å². The third-order valence-corrected chi connectivity index (χ3v) is 3.37. The molecule has 0 spiro atoms. The van der Waals surface area contributed by atoms with Gasteiger partial charge in [-0.3, -0.25) is 9.89 Å². The fourth-order valence-corrected chi connectivity index (χ4v) is 2.25. The van der Waals surface area contributed by atoms with Crippen molar-refractivity contribution in [3.63, 3.8) is 0 Å². The molecule has 0 saturated heterocycles. The summed E-state index contributed by atoms with van der Waals surface area (Å²) in [6.07, 6.45) is 0. The number of aromatic nitrogens is 2. The van der Waals surface area contributed by atoms with Gasteiger partial charge in [0.2, 0.25) is 0 Å². The average Bonchev–Trinajstić information content (AvgIpc) is 2.85. The van der Waals surface area contributed by atoms with Gasteiger partial charge in [-0.05, 0) is 49.7 Å². The number of benzene rings is 2. The molecule has 1 heterocycles. The lowest BCUT2D eigenvalue weighted by Crippen LogP contribution is -2.13. The van der Waals surface area contributed by atoms with Gasteiger partial charge in [0.25, 0.3) is 5.91 Å². The minimum atomic E-state index is -0.327. The molecule has 3 rings (SSSR count). The second kappa shape index (κ2) is 5.01. The predicted molar refractivity (Wildman–Crippen MR) is 79.9 cm³/mol. The molecule has 0 aliphatic rings. The van der Waals surface area contributed by atoms with Crippen molar-refractivity contribution in [1.82, 2.24) is 10.2 Å². The molecule has 4 nitrogen and oxygen atoms in total. The number of aromatic amines is 1. The number of aryl methyl sites for hydroxylation is 2. The molecular weight excluding hydrogens is 269 g/mol. The summed E-state index contributed by atoms with van der Waals surface area (Å²) in [5.74, 6) is -0.645. The van der Waals surface area contributed by atoms with Crippen molar-refractivity contribution >= 4 is 22.5 Å². The Bertz CT molecular complexity index is 839. The zero-order chi connectivity index (χ0) is 15.0. The zero-order valence-electron chi connectivity index (χ0n) is 11.7. The summed E-state index contributed by atoms with van der Waals surface area (Å²) >= 11 is 0. The van der Waals surface area contributed by atoms with Crippen molar-refractivity contribution in [2.45, 2.75) is 13.8 Å². The van der Waals surface area contributed by atoms with E-state index in [2.05, 4.69) is 15.5 Å². The van der Waals surface area contributed by atoms with E-state index in [1.54, 1.807) is 13.0 Å². The number of H-pyrrole nitrogens is 1. The van der Waals surface area contributed by atoms with E-state index < -0.39 is 0 Å². The highest BCUT2D eigenvalue weighted by molar-refractivity contribution is 6.11. The molecule has 3 aromatic rings. The topological polar surface area (TPSA) is 57.8 Å². The Labute approximate surface area is 121 Å². The molecule has 0 bridgehead atoms. The van der Waals surface area contributed by atoms with Gasteiger partial charge in [-0.15, -0.1) is 0 Å². The Kier molecular flexibility index (Phi) is 3.17. The maximum Gasteiger partial charge on any atom is 0.276 e. The van der Waals surface area contributed by atoms with Crippen LogP contribution in [0.25, 0.3) is 10.9 Å². The number of amides is 1. The number of halogens is 1. The van der Waals surface area contributed by atoms with Crippen LogP contribution in [0.4, 0.5) is 10.1 Å². The van der Waals surface area contributed by atoms with Gasteiger partial charge < -0.3 is 5.32 Å². The molecule has 0 aliphatic heterocycles. The van der Waals surface area contributed by atoms with Crippen LogP contribution in [-0.4, -0.2) is 16.1 Å². The number of carbonyl (C=O) groups is 1. The third-order valence-electron chi connectivity index (χ3n) is 3.37.